The van der Waals surface area contributed by atoms with Gasteiger partial charge in [-0.15, -0.1) is 0 Å². The summed E-state index contributed by atoms with van der Waals surface area (Å²) in [5.41, 5.74) is 0. The van der Waals surface area contributed by atoms with E-state index in [1.807, 2.05) is 0 Å². The van der Waals surface area contributed by atoms with E-state index >= 15 is 0 Å². The van der Waals surface area contributed by atoms with Gasteiger partial charge in [-0.3, -0.25) is 0 Å². The molecule has 2 unspecified atom stereocenters. The summed E-state index contributed by atoms with van der Waals surface area (Å²) in [4.78, 5) is 0. The molecule has 0 bridgehead atoms. The third-order valence-electron chi connectivity index (χ3n) is 4.07. The van der Waals surface area contributed by atoms with Crippen molar-refractivity contribution in [3.05, 3.63) is 12.2 Å². The highest BCUT2D eigenvalue weighted by Crippen LogP contribution is 2.31. The number of hydrogen-bond donors (Lipinski definition) is 0. The summed E-state index contributed by atoms with van der Waals surface area (Å²) in [6.45, 7) is 0. The molecule has 0 spiro atoms. The minimum absolute atomic E-state index is 0.641. The number of fused-ring (bicyclic) bond motifs is 1. The maximum absolute atomic E-state index is 5.73. The fourth-order valence-electron chi connectivity index (χ4n) is 2.85. The van der Waals surface area contributed by atoms with Crippen LogP contribution in [0.5, 0.6) is 0 Å². The Morgan fingerprint density at radius 3 is 1.59 bits per heavy atom. The van der Waals surface area contributed by atoms with E-state index in [0.29, 0.717) is 12.2 Å². The molecule has 1 heterocycles. The van der Waals surface area contributed by atoms with Gasteiger partial charge in [0, 0.05) is 0 Å². The fourth-order valence-corrected chi connectivity index (χ4v) is 2.85. The van der Waals surface area contributed by atoms with Gasteiger partial charge in [0.15, 0.2) is 0 Å². The molecule has 2 atom stereocenters. The Hall–Kier alpha value is -0.300. The molecular weight excluding hydrogens is 208 g/mol. The van der Waals surface area contributed by atoms with Gasteiger partial charge < -0.3 is 4.74 Å². The van der Waals surface area contributed by atoms with Crippen LogP contribution in [-0.2, 0) is 4.74 Å². The Labute approximate surface area is 107 Å². The monoisotopic (exact) mass is 236 g/mol. The Morgan fingerprint density at radius 2 is 1.06 bits per heavy atom. The highest BCUT2D eigenvalue weighted by molar-refractivity contribution is 4.85. The standard InChI is InChI=1S/C16H28O/c1-2-4-6-8-10-12-14-16-15(17-16)13-11-9-7-5-3-1/h1-2,15-16H,3-14H2. The SMILES string of the molecule is C1=CCCCCCCC2OC2CCCCCC1. The molecule has 0 radical (unpaired) electrons. The average molecular weight is 236 g/mol. The van der Waals surface area contributed by atoms with E-state index in [9.17, 15) is 0 Å². The highest BCUT2D eigenvalue weighted by Gasteiger charge is 2.36. The van der Waals surface area contributed by atoms with Gasteiger partial charge in [-0.1, -0.05) is 50.7 Å². The molecule has 1 nitrogen and oxygen atoms in total. The molecular formula is C16H28O. The van der Waals surface area contributed by atoms with Crippen LogP contribution in [0.2, 0.25) is 0 Å². The summed E-state index contributed by atoms with van der Waals surface area (Å²) in [5, 5.41) is 0. The van der Waals surface area contributed by atoms with Crippen LogP contribution in [0.15, 0.2) is 12.2 Å². The summed E-state index contributed by atoms with van der Waals surface area (Å²) < 4.78 is 5.73. The topological polar surface area (TPSA) is 12.5 Å². The average Bonchev–Trinajstić information content (AvgIpc) is 3.07. The molecule has 0 aromatic carbocycles. The van der Waals surface area contributed by atoms with Gasteiger partial charge in [0.25, 0.3) is 0 Å². The van der Waals surface area contributed by atoms with E-state index in [0.717, 1.165) is 0 Å². The second kappa shape index (κ2) is 7.92. The molecule has 0 aromatic heterocycles. The van der Waals surface area contributed by atoms with Crippen molar-refractivity contribution >= 4 is 0 Å². The maximum atomic E-state index is 5.73. The maximum Gasteiger partial charge on any atom is 0.0841 e. The molecule has 17 heavy (non-hydrogen) atoms. The van der Waals surface area contributed by atoms with Crippen molar-refractivity contribution in [3.63, 3.8) is 0 Å². The fraction of sp³-hybridized carbons (Fsp3) is 0.875. The van der Waals surface area contributed by atoms with Crippen LogP contribution >= 0.6 is 0 Å². The summed E-state index contributed by atoms with van der Waals surface area (Å²) in [7, 11) is 0. The lowest BCUT2D eigenvalue weighted by Gasteiger charge is -2.01. The van der Waals surface area contributed by atoms with Crippen molar-refractivity contribution in [1.29, 1.82) is 0 Å². The van der Waals surface area contributed by atoms with Crippen molar-refractivity contribution in [2.75, 3.05) is 0 Å². The van der Waals surface area contributed by atoms with Crippen LogP contribution in [0.25, 0.3) is 0 Å². The van der Waals surface area contributed by atoms with Gasteiger partial charge in [-0.2, -0.15) is 0 Å². The summed E-state index contributed by atoms with van der Waals surface area (Å²) in [5.74, 6) is 0. The van der Waals surface area contributed by atoms with E-state index in [1.54, 1.807) is 0 Å². The minimum Gasteiger partial charge on any atom is -0.370 e. The Balaban J connectivity index is 1.63. The zero-order valence-corrected chi connectivity index (χ0v) is 11.2. The Bertz CT molecular complexity index is 200. The molecule has 0 aromatic rings. The lowest BCUT2D eigenvalue weighted by molar-refractivity contribution is 0.348. The van der Waals surface area contributed by atoms with E-state index in [1.165, 1.54) is 77.0 Å². The second-order valence-corrected chi connectivity index (χ2v) is 5.67. The number of allylic oxidation sites excluding steroid dienone is 2. The molecule has 1 heteroatoms. The number of hydrogen-bond acceptors (Lipinski definition) is 1. The molecule has 1 fully saturated rings. The first-order valence-corrected chi connectivity index (χ1v) is 7.77. The molecule has 98 valence electrons. The van der Waals surface area contributed by atoms with Gasteiger partial charge in [0.2, 0.25) is 0 Å². The van der Waals surface area contributed by atoms with Crippen molar-refractivity contribution in [2.24, 2.45) is 0 Å². The van der Waals surface area contributed by atoms with E-state index < -0.39 is 0 Å². The van der Waals surface area contributed by atoms with Crippen LogP contribution in [0, 0.1) is 0 Å². The van der Waals surface area contributed by atoms with Crippen LogP contribution in [0.3, 0.4) is 0 Å². The normalized spacial score (nSPS) is 32.9. The van der Waals surface area contributed by atoms with Crippen molar-refractivity contribution < 1.29 is 4.74 Å². The zero-order chi connectivity index (χ0) is 11.8. The lowest BCUT2D eigenvalue weighted by atomic mass is 10.0. The smallest absolute Gasteiger partial charge is 0.0841 e. The first kappa shape index (κ1) is 13.1. The second-order valence-electron chi connectivity index (χ2n) is 5.67. The van der Waals surface area contributed by atoms with Gasteiger partial charge in [-0.05, 0) is 38.5 Å². The zero-order valence-electron chi connectivity index (χ0n) is 11.2. The molecule has 2 rings (SSSR count). The van der Waals surface area contributed by atoms with Crippen LogP contribution in [-0.4, -0.2) is 12.2 Å². The highest BCUT2D eigenvalue weighted by atomic mass is 16.6. The van der Waals surface area contributed by atoms with Crippen LogP contribution in [0.4, 0.5) is 0 Å². The van der Waals surface area contributed by atoms with Crippen LogP contribution < -0.4 is 0 Å². The molecule has 1 aliphatic heterocycles. The third kappa shape index (κ3) is 5.72. The van der Waals surface area contributed by atoms with Crippen molar-refractivity contribution in [2.45, 2.75) is 89.3 Å². The first-order chi connectivity index (χ1) is 8.47. The molecule has 0 amide bonds. The largest absolute Gasteiger partial charge is 0.370 e. The van der Waals surface area contributed by atoms with Gasteiger partial charge >= 0.3 is 0 Å². The van der Waals surface area contributed by atoms with Gasteiger partial charge in [-0.25, -0.2) is 0 Å². The van der Waals surface area contributed by atoms with E-state index in [-0.39, 0.29) is 0 Å². The quantitative estimate of drug-likeness (QED) is 0.425. The summed E-state index contributed by atoms with van der Waals surface area (Å²) in [6.07, 6.45) is 22.4. The van der Waals surface area contributed by atoms with E-state index in [4.69, 9.17) is 4.74 Å². The predicted octanol–water partition coefficient (Wildman–Crippen LogP) is 5.00. The Morgan fingerprint density at radius 1 is 0.588 bits per heavy atom. The van der Waals surface area contributed by atoms with E-state index in [2.05, 4.69) is 12.2 Å². The van der Waals surface area contributed by atoms with Gasteiger partial charge in [0.05, 0.1) is 12.2 Å². The summed E-state index contributed by atoms with van der Waals surface area (Å²) >= 11 is 0. The third-order valence-corrected chi connectivity index (χ3v) is 4.07. The first-order valence-electron chi connectivity index (χ1n) is 7.77. The number of epoxide rings is 1. The molecule has 0 N–H and O–H groups in total. The minimum atomic E-state index is 0.641. The summed E-state index contributed by atoms with van der Waals surface area (Å²) in [6, 6.07) is 0. The lowest BCUT2D eigenvalue weighted by Crippen LogP contribution is -1.95. The molecule has 0 saturated carbocycles. The predicted molar refractivity (Wildman–Crippen MR) is 73.2 cm³/mol. The molecule has 1 aliphatic carbocycles. The Kier molecular flexibility index (Phi) is 6.12. The van der Waals surface area contributed by atoms with Crippen molar-refractivity contribution in [3.8, 4) is 0 Å². The van der Waals surface area contributed by atoms with Crippen molar-refractivity contribution in [1.82, 2.24) is 0 Å². The molecule has 1 saturated heterocycles. The van der Waals surface area contributed by atoms with Crippen LogP contribution in [0.1, 0.15) is 77.0 Å². The molecule has 2 aliphatic rings. The number of rotatable bonds is 0. The van der Waals surface area contributed by atoms with Gasteiger partial charge in [0.1, 0.15) is 0 Å². The number of ether oxygens (including phenoxy) is 1.